The van der Waals surface area contributed by atoms with E-state index in [0.717, 1.165) is 6.42 Å². The van der Waals surface area contributed by atoms with Crippen molar-refractivity contribution in [2.75, 3.05) is 11.5 Å². The summed E-state index contributed by atoms with van der Waals surface area (Å²) in [5, 5.41) is 3.02. The Morgan fingerprint density at radius 3 is 2.43 bits per heavy atom. The molecule has 1 rings (SSSR count). The first kappa shape index (κ1) is 11.9. The minimum absolute atomic E-state index is 0.0828. The fourth-order valence-corrected chi connectivity index (χ4v) is 2.89. The summed E-state index contributed by atoms with van der Waals surface area (Å²) in [4.78, 5) is 11.6. The zero-order valence-electron chi connectivity index (χ0n) is 9.43. The highest BCUT2D eigenvalue weighted by Crippen LogP contribution is 2.25. The van der Waals surface area contributed by atoms with Crippen LogP contribution in [0.5, 0.6) is 0 Å². The monoisotopic (exact) mass is 215 g/mol. The molecule has 1 N–H and O–H groups in total. The Balaban J connectivity index is 2.25. The van der Waals surface area contributed by atoms with Gasteiger partial charge in [0.1, 0.15) is 0 Å². The van der Waals surface area contributed by atoms with E-state index >= 15 is 0 Å². The quantitative estimate of drug-likeness (QED) is 0.766. The van der Waals surface area contributed by atoms with Gasteiger partial charge in [0.2, 0.25) is 5.91 Å². The molecule has 0 saturated carbocycles. The lowest BCUT2D eigenvalue weighted by atomic mass is 9.97. The van der Waals surface area contributed by atoms with Gasteiger partial charge >= 0.3 is 0 Å². The van der Waals surface area contributed by atoms with E-state index in [4.69, 9.17) is 0 Å². The van der Waals surface area contributed by atoms with E-state index in [1.165, 1.54) is 24.3 Å². The third-order valence-corrected chi connectivity index (χ3v) is 3.38. The van der Waals surface area contributed by atoms with Gasteiger partial charge in [-0.2, -0.15) is 11.8 Å². The van der Waals surface area contributed by atoms with E-state index in [-0.39, 0.29) is 11.4 Å². The SMILES string of the molecule is CC(C)(C)NC(=O)CC1CCSCC1. The molecular weight excluding hydrogens is 194 g/mol. The minimum Gasteiger partial charge on any atom is -0.352 e. The molecule has 2 nitrogen and oxygen atoms in total. The topological polar surface area (TPSA) is 29.1 Å². The van der Waals surface area contributed by atoms with Crippen molar-refractivity contribution in [3.63, 3.8) is 0 Å². The first-order chi connectivity index (χ1) is 6.47. The Kier molecular flexibility index (Phi) is 4.30. The molecule has 14 heavy (non-hydrogen) atoms. The van der Waals surface area contributed by atoms with Crippen LogP contribution in [0.2, 0.25) is 0 Å². The highest BCUT2D eigenvalue weighted by molar-refractivity contribution is 7.99. The van der Waals surface area contributed by atoms with Crippen LogP contribution in [-0.2, 0) is 4.79 Å². The van der Waals surface area contributed by atoms with Crippen LogP contribution in [0.4, 0.5) is 0 Å². The van der Waals surface area contributed by atoms with Gasteiger partial charge < -0.3 is 5.32 Å². The third-order valence-electron chi connectivity index (χ3n) is 2.33. The summed E-state index contributed by atoms with van der Waals surface area (Å²) in [6, 6.07) is 0. The molecule has 0 unspecified atom stereocenters. The number of carbonyl (C=O) groups excluding carboxylic acids is 1. The van der Waals surface area contributed by atoms with Crippen molar-refractivity contribution in [1.82, 2.24) is 5.32 Å². The molecular formula is C11H21NOS. The molecule has 0 bridgehead atoms. The van der Waals surface area contributed by atoms with Gasteiger partial charge in [-0.1, -0.05) is 0 Å². The van der Waals surface area contributed by atoms with E-state index < -0.39 is 0 Å². The number of hydrogen-bond acceptors (Lipinski definition) is 2. The third kappa shape index (κ3) is 4.89. The molecule has 0 aromatic heterocycles. The van der Waals surface area contributed by atoms with Gasteiger partial charge in [0, 0.05) is 12.0 Å². The van der Waals surface area contributed by atoms with Crippen LogP contribution < -0.4 is 5.32 Å². The van der Waals surface area contributed by atoms with Gasteiger partial charge in [-0.25, -0.2) is 0 Å². The molecule has 82 valence electrons. The minimum atomic E-state index is -0.0828. The molecule has 0 aromatic carbocycles. The van der Waals surface area contributed by atoms with Gasteiger partial charge in [0.25, 0.3) is 0 Å². The summed E-state index contributed by atoms with van der Waals surface area (Å²) in [6.45, 7) is 6.09. The fraction of sp³-hybridized carbons (Fsp3) is 0.909. The van der Waals surface area contributed by atoms with Crippen molar-refractivity contribution < 1.29 is 4.79 Å². The van der Waals surface area contributed by atoms with Crippen LogP contribution in [0.25, 0.3) is 0 Å². The highest BCUT2D eigenvalue weighted by Gasteiger charge is 2.20. The molecule has 0 aliphatic carbocycles. The molecule has 1 heterocycles. The van der Waals surface area contributed by atoms with Crippen molar-refractivity contribution in [2.24, 2.45) is 5.92 Å². The first-order valence-electron chi connectivity index (χ1n) is 5.36. The maximum Gasteiger partial charge on any atom is 0.220 e. The van der Waals surface area contributed by atoms with Crippen LogP contribution in [0, 0.1) is 5.92 Å². The Hall–Kier alpha value is -0.180. The molecule has 1 fully saturated rings. The second kappa shape index (κ2) is 5.06. The summed E-state index contributed by atoms with van der Waals surface area (Å²) in [5.74, 6) is 3.30. The largest absolute Gasteiger partial charge is 0.352 e. The maximum atomic E-state index is 11.6. The molecule has 0 aromatic rings. The molecule has 0 atom stereocenters. The van der Waals surface area contributed by atoms with Crippen LogP contribution in [0.15, 0.2) is 0 Å². The fourth-order valence-electron chi connectivity index (χ4n) is 1.68. The molecule has 3 heteroatoms. The van der Waals surface area contributed by atoms with Crippen LogP contribution in [0.1, 0.15) is 40.0 Å². The lowest BCUT2D eigenvalue weighted by molar-refractivity contribution is -0.123. The average Bonchev–Trinajstić information content (AvgIpc) is 2.02. The number of carbonyl (C=O) groups is 1. The van der Waals surface area contributed by atoms with E-state index in [9.17, 15) is 4.79 Å². The second-order valence-electron chi connectivity index (χ2n) is 5.06. The van der Waals surface area contributed by atoms with E-state index in [2.05, 4.69) is 5.32 Å². The molecule has 1 saturated heterocycles. The Labute approximate surface area is 91.2 Å². The van der Waals surface area contributed by atoms with Gasteiger partial charge in [0.15, 0.2) is 0 Å². The van der Waals surface area contributed by atoms with E-state index in [1.807, 2.05) is 32.5 Å². The Morgan fingerprint density at radius 2 is 1.93 bits per heavy atom. The van der Waals surface area contributed by atoms with Crippen molar-refractivity contribution in [3.05, 3.63) is 0 Å². The van der Waals surface area contributed by atoms with Crippen molar-refractivity contribution in [2.45, 2.75) is 45.6 Å². The normalized spacial score (nSPS) is 19.4. The van der Waals surface area contributed by atoms with Gasteiger partial charge in [0.05, 0.1) is 0 Å². The number of nitrogens with one attached hydrogen (secondary N) is 1. The summed E-state index contributed by atoms with van der Waals surface area (Å²) in [6.07, 6.45) is 3.14. The summed E-state index contributed by atoms with van der Waals surface area (Å²) in [7, 11) is 0. The number of hydrogen-bond donors (Lipinski definition) is 1. The van der Waals surface area contributed by atoms with Crippen LogP contribution in [0.3, 0.4) is 0 Å². The standard InChI is InChI=1S/C11H21NOS/c1-11(2,3)12-10(13)8-9-4-6-14-7-5-9/h9H,4-8H2,1-3H3,(H,12,13). The van der Waals surface area contributed by atoms with Crippen molar-refractivity contribution in [1.29, 1.82) is 0 Å². The summed E-state index contributed by atoms with van der Waals surface area (Å²) >= 11 is 2.01. The zero-order chi connectivity index (χ0) is 10.6. The predicted molar refractivity (Wildman–Crippen MR) is 62.6 cm³/mol. The second-order valence-corrected chi connectivity index (χ2v) is 6.28. The van der Waals surface area contributed by atoms with Crippen molar-refractivity contribution in [3.8, 4) is 0 Å². The van der Waals surface area contributed by atoms with Gasteiger partial charge in [-0.3, -0.25) is 4.79 Å². The number of amides is 1. The lowest BCUT2D eigenvalue weighted by Gasteiger charge is -2.24. The molecule has 0 spiro atoms. The maximum absolute atomic E-state index is 11.6. The van der Waals surface area contributed by atoms with Gasteiger partial charge in [-0.15, -0.1) is 0 Å². The number of thioether (sulfide) groups is 1. The first-order valence-corrected chi connectivity index (χ1v) is 6.51. The Bertz CT molecular complexity index is 192. The number of rotatable bonds is 2. The molecule has 0 radical (unpaired) electrons. The zero-order valence-corrected chi connectivity index (χ0v) is 10.2. The smallest absolute Gasteiger partial charge is 0.220 e. The summed E-state index contributed by atoms with van der Waals surface area (Å²) < 4.78 is 0. The molecule has 1 aliphatic heterocycles. The van der Waals surface area contributed by atoms with Crippen LogP contribution >= 0.6 is 11.8 Å². The van der Waals surface area contributed by atoms with E-state index in [1.54, 1.807) is 0 Å². The van der Waals surface area contributed by atoms with Crippen LogP contribution in [-0.4, -0.2) is 23.0 Å². The predicted octanol–water partition coefficient (Wildman–Crippen LogP) is 2.43. The van der Waals surface area contributed by atoms with Gasteiger partial charge in [-0.05, 0) is 51.0 Å². The highest BCUT2D eigenvalue weighted by atomic mass is 32.2. The van der Waals surface area contributed by atoms with E-state index in [0.29, 0.717) is 5.92 Å². The molecule has 1 aliphatic rings. The Morgan fingerprint density at radius 1 is 1.36 bits per heavy atom. The lowest BCUT2D eigenvalue weighted by Crippen LogP contribution is -2.41. The average molecular weight is 215 g/mol. The summed E-state index contributed by atoms with van der Waals surface area (Å²) in [5.41, 5.74) is -0.0828. The molecule has 1 amide bonds. The van der Waals surface area contributed by atoms with Crippen molar-refractivity contribution >= 4 is 17.7 Å².